The van der Waals surface area contributed by atoms with Gasteiger partial charge in [0.1, 0.15) is 0 Å². The Kier molecular flexibility index (Phi) is 6.27. The Morgan fingerprint density at radius 1 is 0.815 bits per heavy atom. The summed E-state index contributed by atoms with van der Waals surface area (Å²) in [6.45, 7) is 6.55. The molecule has 136 valence electrons. The maximum absolute atomic E-state index is 2.25. The normalized spacial score (nSPS) is 11.7. The van der Waals surface area contributed by atoms with Gasteiger partial charge < -0.3 is 4.90 Å². The molecule has 3 aromatic carbocycles. The van der Waals surface area contributed by atoms with E-state index in [2.05, 4.69) is 111 Å². The molecule has 27 heavy (non-hydrogen) atoms. The Morgan fingerprint density at radius 3 is 1.93 bits per heavy atom. The maximum atomic E-state index is 2.25. The number of para-hydroxylation sites is 2. The first-order valence-electron chi connectivity index (χ1n) is 9.53. The van der Waals surface area contributed by atoms with Gasteiger partial charge in [0.2, 0.25) is 0 Å². The quantitative estimate of drug-likeness (QED) is 0.416. The fourth-order valence-corrected chi connectivity index (χ4v) is 3.32. The molecule has 0 bridgehead atoms. The first-order valence-corrected chi connectivity index (χ1v) is 9.53. The Labute approximate surface area is 163 Å². The van der Waals surface area contributed by atoms with Gasteiger partial charge in [-0.2, -0.15) is 0 Å². The average molecular weight is 354 g/mol. The van der Waals surface area contributed by atoms with Crippen LogP contribution in [0, 0.1) is 13.8 Å². The zero-order valence-electron chi connectivity index (χ0n) is 16.4. The second-order valence-electron chi connectivity index (χ2n) is 6.75. The summed E-state index contributed by atoms with van der Waals surface area (Å²) >= 11 is 0. The van der Waals surface area contributed by atoms with Crippen LogP contribution >= 0.6 is 0 Å². The van der Waals surface area contributed by atoms with E-state index < -0.39 is 0 Å². The minimum atomic E-state index is 1.00. The molecule has 0 N–H and O–H groups in total. The molecule has 0 aliphatic rings. The molecular formula is C26H27N. The summed E-state index contributed by atoms with van der Waals surface area (Å²) in [7, 11) is 0. The van der Waals surface area contributed by atoms with Gasteiger partial charge in [-0.3, -0.25) is 0 Å². The van der Waals surface area contributed by atoms with Crippen LogP contribution in [0.15, 0.2) is 97.2 Å². The minimum absolute atomic E-state index is 1.00. The highest BCUT2D eigenvalue weighted by molar-refractivity contribution is 5.71. The van der Waals surface area contributed by atoms with Crippen LogP contribution in [-0.2, 0) is 0 Å². The van der Waals surface area contributed by atoms with Crippen molar-refractivity contribution in [2.75, 3.05) is 4.90 Å². The highest BCUT2D eigenvalue weighted by atomic mass is 15.1. The number of allylic oxidation sites excluding steroid dienone is 3. The number of rotatable bonds is 6. The predicted octanol–water partition coefficient (Wildman–Crippen LogP) is 7.45. The Hall–Kier alpha value is -3.06. The molecule has 0 aromatic heterocycles. The molecule has 0 heterocycles. The molecule has 0 unspecified atom stereocenters. The van der Waals surface area contributed by atoms with Gasteiger partial charge in [-0.05, 0) is 67.3 Å². The van der Waals surface area contributed by atoms with Crippen LogP contribution < -0.4 is 4.90 Å². The zero-order chi connectivity index (χ0) is 19.1. The molecule has 0 radical (unpaired) electrons. The van der Waals surface area contributed by atoms with Crippen molar-refractivity contribution < 1.29 is 0 Å². The topological polar surface area (TPSA) is 3.24 Å². The van der Waals surface area contributed by atoms with Gasteiger partial charge in [0.05, 0.1) is 0 Å². The third kappa shape index (κ3) is 4.77. The molecule has 0 spiro atoms. The van der Waals surface area contributed by atoms with E-state index in [0.29, 0.717) is 0 Å². The standard InChI is InChI=1S/C26H27N/c1-4-23(26-18-17-21(2)20-22(26)3)12-11-19-27(24-13-7-5-8-14-24)25-15-9-6-10-16-25/h5-20H,4H2,1-3H3/b19-11+,23-12+. The van der Waals surface area contributed by atoms with E-state index in [4.69, 9.17) is 0 Å². The summed E-state index contributed by atoms with van der Waals surface area (Å²) in [6, 6.07) is 27.6. The first kappa shape index (κ1) is 18.7. The van der Waals surface area contributed by atoms with Crippen molar-refractivity contribution in [1.82, 2.24) is 0 Å². The number of anilines is 2. The van der Waals surface area contributed by atoms with Crippen LogP contribution in [-0.4, -0.2) is 0 Å². The molecule has 0 saturated heterocycles. The lowest BCUT2D eigenvalue weighted by Gasteiger charge is -2.20. The van der Waals surface area contributed by atoms with E-state index >= 15 is 0 Å². The summed E-state index contributed by atoms with van der Waals surface area (Å²) in [5.41, 5.74) is 7.63. The fourth-order valence-electron chi connectivity index (χ4n) is 3.32. The number of hydrogen-bond acceptors (Lipinski definition) is 1. The second-order valence-corrected chi connectivity index (χ2v) is 6.75. The highest BCUT2D eigenvalue weighted by Gasteiger charge is 2.05. The summed E-state index contributed by atoms with van der Waals surface area (Å²) in [5, 5.41) is 0. The first-order chi connectivity index (χ1) is 13.2. The van der Waals surface area contributed by atoms with Crippen molar-refractivity contribution in [2.45, 2.75) is 27.2 Å². The Bertz CT molecular complexity index is 881. The van der Waals surface area contributed by atoms with Crippen molar-refractivity contribution in [1.29, 1.82) is 0 Å². The van der Waals surface area contributed by atoms with Gasteiger partial charge in [-0.1, -0.05) is 73.2 Å². The van der Waals surface area contributed by atoms with E-state index in [-0.39, 0.29) is 0 Å². The molecule has 0 amide bonds. The summed E-state index contributed by atoms with van der Waals surface area (Å²) in [5.74, 6) is 0. The summed E-state index contributed by atoms with van der Waals surface area (Å²) in [4.78, 5) is 2.21. The third-order valence-corrected chi connectivity index (χ3v) is 4.71. The van der Waals surface area contributed by atoms with E-state index in [9.17, 15) is 0 Å². The molecule has 3 rings (SSSR count). The van der Waals surface area contributed by atoms with Crippen LogP contribution in [0.3, 0.4) is 0 Å². The molecular weight excluding hydrogens is 326 g/mol. The summed E-state index contributed by atoms with van der Waals surface area (Å²) in [6.07, 6.45) is 7.53. The highest BCUT2D eigenvalue weighted by Crippen LogP contribution is 2.26. The zero-order valence-corrected chi connectivity index (χ0v) is 16.4. The average Bonchev–Trinajstić information content (AvgIpc) is 2.70. The molecule has 0 fully saturated rings. The van der Waals surface area contributed by atoms with E-state index in [1.807, 2.05) is 12.1 Å². The predicted molar refractivity (Wildman–Crippen MR) is 118 cm³/mol. The van der Waals surface area contributed by atoms with E-state index in [0.717, 1.165) is 17.8 Å². The number of aryl methyl sites for hydroxylation is 2. The third-order valence-electron chi connectivity index (χ3n) is 4.71. The smallest absolute Gasteiger partial charge is 0.0455 e. The van der Waals surface area contributed by atoms with Crippen LogP contribution in [0.1, 0.15) is 30.0 Å². The van der Waals surface area contributed by atoms with Crippen LogP contribution in [0.4, 0.5) is 11.4 Å². The fraction of sp³-hybridized carbons (Fsp3) is 0.154. The number of nitrogens with zero attached hydrogens (tertiary/aromatic N) is 1. The lowest BCUT2D eigenvalue weighted by Crippen LogP contribution is -2.07. The van der Waals surface area contributed by atoms with Gasteiger partial charge in [0, 0.05) is 17.6 Å². The van der Waals surface area contributed by atoms with Gasteiger partial charge >= 0.3 is 0 Å². The summed E-state index contributed by atoms with van der Waals surface area (Å²) < 4.78 is 0. The lowest BCUT2D eigenvalue weighted by atomic mass is 9.97. The molecule has 1 heteroatoms. The molecule has 0 atom stereocenters. The van der Waals surface area contributed by atoms with Crippen molar-refractivity contribution >= 4 is 16.9 Å². The van der Waals surface area contributed by atoms with Crippen molar-refractivity contribution in [3.05, 3.63) is 114 Å². The maximum Gasteiger partial charge on any atom is 0.0455 e. The largest absolute Gasteiger partial charge is 0.317 e. The number of hydrogen-bond donors (Lipinski definition) is 0. The van der Waals surface area contributed by atoms with E-state index in [1.54, 1.807) is 0 Å². The second kappa shape index (κ2) is 9.05. The van der Waals surface area contributed by atoms with Crippen molar-refractivity contribution in [3.63, 3.8) is 0 Å². The van der Waals surface area contributed by atoms with Crippen LogP contribution in [0.25, 0.3) is 5.57 Å². The van der Waals surface area contributed by atoms with Gasteiger partial charge in [-0.15, -0.1) is 0 Å². The van der Waals surface area contributed by atoms with Gasteiger partial charge in [-0.25, -0.2) is 0 Å². The molecule has 0 saturated carbocycles. The monoisotopic (exact) mass is 353 g/mol. The molecule has 1 nitrogen and oxygen atoms in total. The molecule has 0 aliphatic carbocycles. The number of benzene rings is 3. The molecule has 0 aliphatic heterocycles. The lowest BCUT2D eigenvalue weighted by molar-refractivity contribution is 1.22. The Morgan fingerprint density at radius 2 is 1.41 bits per heavy atom. The van der Waals surface area contributed by atoms with Crippen molar-refractivity contribution in [3.8, 4) is 0 Å². The van der Waals surface area contributed by atoms with Crippen LogP contribution in [0.2, 0.25) is 0 Å². The van der Waals surface area contributed by atoms with Crippen LogP contribution in [0.5, 0.6) is 0 Å². The van der Waals surface area contributed by atoms with Gasteiger partial charge in [0.25, 0.3) is 0 Å². The Balaban J connectivity index is 1.93. The minimum Gasteiger partial charge on any atom is -0.317 e. The van der Waals surface area contributed by atoms with Crippen molar-refractivity contribution in [2.24, 2.45) is 0 Å². The van der Waals surface area contributed by atoms with E-state index in [1.165, 1.54) is 22.3 Å². The molecule has 3 aromatic rings. The SMILES string of the molecule is CC/C(=C\C=C\N(c1ccccc1)c1ccccc1)c1ccc(C)cc1C. The van der Waals surface area contributed by atoms with Gasteiger partial charge in [0.15, 0.2) is 0 Å².